The van der Waals surface area contributed by atoms with Gasteiger partial charge in [0, 0.05) is 19.2 Å². The first-order chi connectivity index (χ1) is 13.3. The first-order valence-corrected chi connectivity index (χ1v) is 9.94. The smallest absolute Gasteiger partial charge is 0.151 e. The number of rotatable bonds is 9. The second-order valence-corrected chi connectivity index (χ2v) is 6.80. The summed E-state index contributed by atoms with van der Waals surface area (Å²) >= 11 is 0. The van der Waals surface area contributed by atoms with Crippen molar-refractivity contribution in [2.45, 2.75) is 45.4 Å². The van der Waals surface area contributed by atoms with E-state index in [4.69, 9.17) is 4.74 Å². The van der Waals surface area contributed by atoms with Crippen LogP contribution in [-0.2, 0) is 0 Å². The van der Waals surface area contributed by atoms with E-state index in [1.807, 2.05) is 30.3 Å². The van der Waals surface area contributed by atoms with Crippen LogP contribution < -0.4 is 15.1 Å². The Morgan fingerprint density at radius 3 is 2.70 bits per heavy atom. The summed E-state index contributed by atoms with van der Waals surface area (Å²) in [6, 6.07) is 9.91. The van der Waals surface area contributed by atoms with E-state index >= 15 is 0 Å². The van der Waals surface area contributed by atoms with Crippen molar-refractivity contribution < 1.29 is 4.74 Å². The van der Waals surface area contributed by atoms with Crippen LogP contribution in [0.25, 0.3) is 0 Å². The average molecular weight is 367 g/mol. The van der Waals surface area contributed by atoms with E-state index in [9.17, 15) is 0 Å². The molecule has 1 fully saturated rings. The first kappa shape index (κ1) is 19.1. The monoisotopic (exact) mass is 367 g/mol. The Bertz CT molecular complexity index is 711. The molecular weight excluding hydrogens is 338 g/mol. The maximum Gasteiger partial charge on any atom is 0.151 e. The van der Waals surface area contributed by atoms with E-state index < -0.39 is 0 Å². The van der Waals surface area contributed by atoms with Gasteiger partial charge in [-0.05, 0) is 55.5 Å². The van der Waals surface area contributed by atoms with Crippen LogP contribution in [0.5, 0.6) is 5.75 Å². The van der Waals surface area contributed by atoms with Gasteiger partial charge in [0.15, 0.2) is 5.82 Å². The number of hydrogen-bond donors (Lipinski definition) is 1. The Hall–Kier alpha value is -2.63. The lowest BCUT2D eigenvalue weighted by Gasteiger charge is -2.27. The number of nitrogens with one attached hydrogen (secondary N) is 1. The molecule has 1 saturated heterocycles. The predicted octanol–water partition coefficient (Wildman–Crippen LogP) is 4.48. The molecule has 3 rings (SSSR count). The van der Waals surface area contributed by atoms with Crippen LogP contribution in [0, 0.1) is 0 Å². The van der Waals surface area contributed by atoms with Crippen molar-refractivity contribution in [1.29, 1.82) is 0 Å². The molecule has 0 atom stereocenters. The molecule has 1 aromatic heterocycles. The van der Waals surface area contributed by atoms with Crippen LogP contribution in [0.2, 0.25) is 0 Å². The minimum Gasteiger partial charge on any atom is -0.494 e. The molecule has 27 heavy (non-hydrogen) atoms. The third-order valence-electron chi connectivity index (χ3n) is 4.62. The topological polar surface area (TPSA) is 62.6 Å². The van der Waals surface area contributed by atoms with Gasteiger partial charge in [0.1, 0.15) is 17.9 Å². The lowest BCUT2D eigenvalue weighted by molar-refractivity contribution is 0.306. The van der Waals surface area contributed by atoms with E-state index in [0.717, 1.165) is 43.2 Å². The maximum absolute atomic E-state index is 5.73. The number of nitrogens with zero attached hydrogens (tertiary/aromatic N) is 4. The van der Waals surface area contributed by atoms with Crippen molar-refractivity contribution in [3.05, 3.63) is 42.2 Å². The molecule has 6 heteroatoms. The van der Waals surface area contributed by atoms with Crippen molar-refractivity contribution >= 4 is 17.9 Å². The van der Waals surface area contributed by atoms with E-state index in [1.165, 1.54) is 32.1 Å². The maximum atomic E-state index is 5.73. The molecule has 0 aliphatic carbocycles. The molecule has 0 saturated carbocycles. The molecular formula is C21H29N5O. The molecule has 0 radical (unpaired) electrons. The van der Waals surface area contributed by atoms with Crippen molar-refractivity contribution in [2.75, 3.05) is 30.0 Å². The standard InChI is InChI=1S/C21H29N5O/c1-2-3-7-14-27-19-10-8-18(9-11-19)16-24-25-20-15-21(23-17-22-20)26-12-5-4-6-13-26/h8-11,15-17H,2-7,12-14H2,1H3,(H,22,23,25)/b24-16+. The molecule has 1 aromatic carbocycles. The number of benzene rings is 1. The van der Waals surface area contributed by atoms with Crippen molar-refractivity contribution in [2.24, 2.45) is 5.10 Å². The van der Waals surface area contributed by atoms with Gasteiger partial charge in [0.05, 0.1) is 12.8 Å². The Morgan fingerprint density at radius 2 is 1.93 bits per heavy atom. The van der Waals surface area contributed by atoms with Crippen LogP contribution in [0.3, 0.4) is 0 Å². The van der Waals surface area contributed by atoms with Gasteiger partial charge in [-0.2, -0.15) is 5.10 Å². The fraction of sp³-hybridized carbons (Fsp3) is 0.476. The molecule has 2 aromatic rings. The summed E-state index contributed by atoms with van der Waals surface area (Å²) in [5.74, 6) is 2.57. The lowest BCUT2D eigenvalue weighted by atomic mass is 10.1. The number of aromatic nitrogens is 2. The Morgan fingerprint density at radius 1 is 1.11 bits per heavy atom. The zero-order valence-corrected chi connectivity index (χ0v) is 16.1. The summed E-state index contributed by atoms with van der Waals surface area (Å²) in [6.45, 7) is 5.09. The number of unbranched alkanes of at least 4 members (excludes halogenated alkanes) is 2. The number of hydrogen-bond acceptors (Lipinski definition) is 6. The number of piperidine rings is 1. The molecule has 2 heterocycles. The summed E-state index contributed by atoms with van der Waals surface area (Å²) in [5.41, 5.74) is 4.00. The lowest BCUT2D eigenvalue weighted by Crippen LogP contribution is -2.30. The minimum atomic E-state index is 0.706. The van der Waals surface area contributed by atoms with E-state index in [-0.39, 0.29) is 0 Å². The molecule has 6 nitrogen and oxygen atoms in total. The van der Waals surface area contributed by atoms with Gasteiger partial charge in [-0.3, -0.25) is 5.43 Å². The normalized spacial score (nSPS) is 14.5. The molecule has 1 aliphatic heterocycles. The van der Waals surface area contributed by atoms with Crippen LogP contribution in [0.4, 0.5) is 11.6 Å². The predicted molar refractivity (Wildman–Crippen MR) is 111 cm³/mol. The molecule has 0 unspecified atom stereocenters. The summed E-state index contributed by atoms with van der Waals surface area (Å²) in [7, 11) is 0. The zero-order chi connectivity index (χ0) is 18.7. The van der Waals surface area contributed by atoms with E-state index in [0.29, 0.717) is 5.82 Å². The minimum absolute atomic E-state index is 0.706. The Kier molecular flexibility index (Phi) is 7.45. The van der Waals surface area contributed by atoms with Crippen LogP contribution >= 0.6 is 0 Å². The van der Waals surface area contributed by atoms with Crippen LogP contribution in [0.1, 0.15) is 51.0 Å². The number of ether oxygens (including phenoxy) is 1. The Labute approximate surface area is 161 Å². The van der Waals surface area contributed by atoms with E-state index in [1.54, 1.807) is 12.5 Å². The van der Waals surface area contributed by atoms with E-state index in [2.05, 4.69) is 32.3 Å². The van der Waals surface area contributed by atoms with Crippen molar-refractivity contribution in [3.8, 4) is 5.75 Å². The quantitative estimate of drug-likeness (QED) is 0.402. The van der Waals surface area contributed by atoms with Gasteiger partial charge >= 0.3 is 0 Å². The largest absolute Gasteiger partial charge is 0.494 e. The van der Waals surface area contributed by atoms with Gasteiger partial charge in [-0.1, -0.05) is 19.8 Å². The summed E-state index contributed by atoms with van der Waals surface area (Å²) in [6.07, 6.45) is 10.6. The van der Waals surface area contributed by atoms with Crippen molar-refractivity contribution in [3.63, 3.8) is 0 Å². The highest BCUT2D eigenvalue weighted by molar-refractivity contribution is 5.80. The third-order valence-corrected chi connectivity index (χ3v) is 4.62. The summed E-state index contributed by atoms with van der Waals surface area (Å²) in [4.78, 5) is 10.9. The molecule has 1 N–H and O–H groups in total. The molecule has 0 amide bonds. The van der Waals surface area contributed by atoms with Gasteiger partial charge < -0.3 is 9.64 Å². The highest BCUT2D eigenvalue weighted by Crippen LogP contribution is 2.19. The number of anilines is 2. The molecule has 0 spiro atoms. The average Bonchev–Trinajstić information content (AvgIpc) is 2.73. The molecule has 0 bridgehead atoms. The highest BCUT2D eigenvalue weighted by Gasteiger charge is 2.12. The van der Waals surface area contributed by atoms with Gasteiger partial charge in [0.2, 0.25) is 0 Å². The summed E-state index contributed by atoms with van der Waals surface area (Å²) < 4.78 is 5.73. The summed E-state index contributed by atoms with van der Waals surface area (Å²) in [5, 5.41) is 4.29. The van der Waals surface area contributed by atoms with Gasteiger partial charge in [0.25, 0.3) is 0 Å². The zero-order valence-electron chi connectivity index (χ0n) is 16.1. The molecule has 144 valence electrons. The van der Waals surface area contributed by atoms with Crippen molar-refractivity contribution in [1.82, 2.24) is 9.97 Å². The van der Waals surface area contributed by atoms with Gasteiger partial charge in [-0.25, -0.2) is 9.97 Å². The van der Waals surface area contributed by atoms with Crippen LogP contribution in [-0.4, -0.2) is 35.9 Å². The fourth-order valence-electron chi connectivity index (χ4n) is 3.07. The van der Waals surface area contributed by atoms with Gasteiger partial charge in [-0.15, -0.1) is 0 Å². The second-order valence-electron chi connectivity index (χ2n) is 6.80. The van der Waals surface area contributed by atoms with Crippen LogP contribution in [0.15, 0.2) is 41.8 Å². The molecule has 1 aliphatic rings. The SMILES string of the molecule is CCCCCOc1ccc(/C=N/Nc2cc(N3CCCCC3)ncn2)cc1. The fourth-order valence-corrected chi connectivity index (χ4v) is 3.07. The first-order valence-electron chi connectivity index (χ1n) is 9.94. The second kappa shape index (κ2) is 10.5. The third kappa shape index (κ3) is 6.24. The Balaban J connectivity index is 1.50. The highest BCUT2D eigenvalue weighted by atomic mass is 16.5. The number of hydrazone groups is 1.